The fourth-order valence-corrected chi connectivity index (χ4v) is 3.30. The van der Waals surface area contributed by atoms with Crippen molar-refractivity contribution in [1.82, 2.24) is 5.32 Å². The van der Waals surface area contributed by atoms with E-state index in [1.54, 1.807) is 0 Å². The number of rotatable bonds is 7. The van der Waals surface area contributed by atoms with Gasteiger partial charge in [-0.05, 0) is 93.5 Å². The number of carbonyl (C=O) groups is 1. The zero-order chi connectivity index (χ0) is 21.7. The lowest BCUT2D eigenvalue weighted by Crippen LogP contribution is -2.21. The molecule has 3 rings (SSSR count). The van der Waals surface area contributed by atoms with Crippen molar-refractivity contribution in [2.75, 3.05) is 6.61 Å². The van der Waals surface area contributed by atoms with Gasteiger partial charge in [-0.2, -0.15) is 4.99 Å². The summed E-state index contributed by atoms with van der Waals surface area (Å²) in [5.74, 6) is 1.56. The number of amides is 2. The van der Waals surface area contributed by atoms with Gasteiger partial charge in [0.1, 0.15) is 5.75 Å². The highest BCUT2D eigenvalue weighted by Gasteiger charge is 2.21. The standard InChI is InChI=1S/C25H29ClN2O2/c1-5-18-8-13-23(26)22(14-18)24(16(2)3)28-25(29)27-17(4)20-9-11-21(12-10-20)30-15-19-6-7-19/h8-14,19H,5-7,15H2,1-4H3,(H,28,29)/b27-17+. The van der Waals surface area contributed by atoms with Crippen LogP contribution in [0.5, 0.6) is 5.75 Å². The highest BCUT2D eigenvalue weighted by atomic mass is 35.5. The van der Waals surface area contributed by atoms with Gasteiger partial charge in [-0.15, -0.1) is 0 Å². The van der Waals surface area contributed by atoms with Gasteiger partial charge in [0.25, 0.3) is 0 Å². The van der Waals surface area contributed by atoms with Crippen LogP contribution >= 0.6 is 11.6 Å². The number of urea groups is 1. The highest BCUT2D eigenvalue weighted by Crippen LogP contribution is 2.29. The minimum Gasteiger partial charge on any atom is -0.493 e. The SMILES string of the molecule is CCc1ccc(Cl)c(C(NC(=O)/N=C(\C)c2ccc(OCC3CC3)cc2)=C(C)C)c1. The highest BCUT2D eigenvalue weighted by molar-refractivity contribution is 6.32. The second kappa shape index (κ2) is 9.94. The number of hydrogen-bond acceptors (Lipinski definition) is 2. The normalized spacial score (nSPS) is 13.7. The average molecular weight is 425 g/mol. The number of aryl methyl sites for hydroxylation is 1. The molecule has 5 heteroatoms. The lowest BCUT2D eigenvalue weighted by Gasteiger charge is -2.14. The van der Waals surface area contributed by atoms with E-state index in [-0.39, 0.29) is 0 Å². The summed E-state index contributed by atoms with van der Waals surface area (Å²) in [7, 11) is 0. The van der Waals surface area contributed by atoms with Gasteiger partial charge in [0.15, 0.2) is 0 Å². The summed E-state index contributed by atoms with van der Waals surface area (Å²) >= 11 is 6.41. The zero-order valence-electron chi connectivity index (χ0n) is 18.1. The zero-order valence-corrected chi connectivity index (χ0v) is 18.8. The van der Waals surface area contributed by atoms with Gasteiger partial charge >= 0.3 is 6.03 Å². The average Bonchev–Trinajstić information content (AvgIpc) is 3.56. The fourth-order valence-electron chi connectivity index (χ4n) is 3.09. The minimum atomic E-state index is -0.421. The third-order valence-electron chi connectivity index (χ3n) is 5.16. The Morgan fingerprint density at radius 1 is 1.13 bits per heavy atom. The summed E-state index contributed by atoms with van der Waals surface area (Å²) in [6.07, 6.45) is 3.42. The van der Waals surface area contributed by atoms with Crippen LogP contribution in [0.3, 0.4) is 0 Å². The molecule has 0 spiro atoms. The van der Waals surface area contributed by atoms with Crippen molar-refractivity contribution < 1.29 is 9.53 Å². The van der Waals surface area contributed by atoms with Crippen LogP contribution in [0.2, 0.25) is 5.02 Å². The molecular weight excluding hydrogens is 396 g/mol. The van der Waals surface area contributed by atoms with Crippen LogP contribution in [-0.2, 0) is 6.42 Å². The molecule has 0 radical (unpaired) electrons. The van der Waals surface area contributed by atoms with E-state index in [1.807, 2.05) is 63.2 Å². The lowest BCUT2D eigenvalue weighted by atomic mass is 10.0. The number of benzene rings is 2. The second-order valence-corrected chi connectivity index (χ2v) is 8.36. The Bertz CT molecular complexity index is 969. The predicted molar refractivity (Wildman–Crippen MR) is 125 cm³/mol. The molecule has 1 saturated carbocycles. The molecule has 0 saturated heterocycles. The maximum absolute atomic E-state index is 12.6. The second-order valence-electron chi connectivity index (χ2n) is 7.95. The first kappa shape index (κ1) is 22.1. The van der Waals surface area contributed by atoms with Gasteiger partial charge in [0.05, 0.1) is 12.3 Å². The van der Waals surface area contributed by atoms with E-state index in [4.69, 9.17) is 16.3 Å². The Morgan fingerprint density at radius 2 is 1.83 bits per heavy atom. The maximum Gasteiger partial charge on any atom is 0.345 e. The Hall–Kier alpha value is -2.59. The third-order valence-corrected chi connectivity index (χ3v) is 5.49. The van der Waals surface area contributed by atoms with Crippen molar-refractivity contribution in [3.05, 3.63) is 69.8 Å². The minimum absolute atomic E-state index is 0.421. The van der Waals surface area contributed by atoms with Crippen LogP contribution < -0.4 is 10.1 Å². The van der Waals surface area contributed by atoms with Gasteiger partial charge in [0.2, 0.25) is 0 Å². The lowest BCUT2D eigenvalue weighted by molar-refractivity contribution is 0.253. The van der Waals surface area contributed by atoms with Crippen LogP contribution in [-0.4, -0.2) is 18.3 Å². The van der Waals surface area contributed by atoms with Crippen molar-refractivity contribution in [1.29, 1.82) is 0 Å². The largest absolute Gasteiger partial charge is 0.493 e. The summed E-state index contributed by atoms with van der Waals surface area (Å²) in [6.45, 7) is 8.58. The molecule has 4 nitrogen and oxygen atoms in total. The van der Waals surface area contributed by atoms with Crippen molar-refractivity contribution >= 4 is 29.0 Å². The van der Waals surface area contributed by atoms with Crippen LogP contribution in [0.15, 0.2) is 53.0 Å². The van der Waals surface area contributed by atoms with E-state index in [9.17, 15) is 4.79 Å². The molecule has 158 valence electrons. The molecule has 30 heavy (non-hydrogen) atoms. The maximum atomic E-state index is 12.6. The molecule has 1 aliphatic carbocycles. The summed E-state index contributed by atoms with van der Waals surface area (Å²) in [5.41, 5.74) is 5.15. The van der Waals surface area contributed by atoms with E-state index < -0.39 is 6.03 Å². The molecule has 0 bridgehead atoms. The van der Waals surface area contributed by atoms with Crippen LogP contribution in [0.1, 0.15) is 57.2 Å². The first-order valence-corrected chi connectivity index (χ1v) is 10.8. The molecular formula is C25H29ClN2O2. The van der Waals surface area contributed by atoms with Gasteiger partial charge < -0.3 is 10.1 Å². The van der Waals surface area contributed by atoms with Crippen molar-refractivity contribution in [3.8, 4) is 5.75 Å². The molecule has 2 aromatic rings. The van der Waals surface area contributed by atoms with E-state index in [0.29, 0.717) is 22.3 Å². The van der Waals surface area contributed by atoms with Gasteiger partial charge in [-0.1, -0.05) is 30.2 Å². The number of hydrogen-bond donors (Lipinski definition) is 1. The summed E-state index contributed by atoms with van der Waals surface area (Å²) in [5, 5.41) is 3.52. The number of aliphatic imine (C=N–C) groups is 1. The number of halogens is 1. The predicted octanol–water partition coefficient (Wildman–Crippen LogP) is 6.66. The molecule has 0 unspecified atom stereocenters. The molecule has 2 aromatic carbocycles. The number of carbonyl (C=O) groups excluding carboxylic acids is 1. The topological polar surface area (TPSA) is 50.7 Å². The Balaban J connectivity index is 1.71. The quantitative estimate of drug-likeness (QED) is 0.505. The number of allylic oxidation sites excluding steroid dienone is 1. The van der Waals surface area contributed by atoms with Crippen molar-refractivity contribution in [2.45, 2.75) is 47.0 Å². The van der Waals surface area contributed by atoms with E-state index >= 15 is 0 Å². The first-order valence-electron chi connectivity index (χ1n) is 10.4. The molecule has 1 N–H and O–H groups in total. The fraction of sp³-hybridized carbons (Fsp3) is 0.360. The first-order chi connectivity index (χ1) is 14.4. The Kier molecular flexibility index (Phi) is 7.33. The molecule has 0 heterocycles. The molecule has 1 fully saturated rings. The van der Waals surface area contributed by atoms with Crippen LogP contribution in [0.4, 0.5) is 4.79 Å². The van der Waals surface area contributed by atoms with Crippen molar-refractivity contribution in [3.63, 3.8) is 0 Å². The van der Waals surface area contributed by atoms with Crippen LogP contribution in [0.25, 0.3) is 5.70 Å². The Labute approximate surface area is 184 Å². The van der Waals surface area contributed by atoms with Crippen LogP contribution in [0, 0.1) is 5.92 Å². The number of nitrogens with one attached hydrogen (secondary N) is 1. The molecule has 0 aromatic heterocycles. The van der Waals surface area contributed by atoms with Gasteiger partial charge in [-0.3, -0.25) is 0 Å². The molecule has 2 amide bonds. The molecule has 0 aliphatic heterocycles. The summed E-state index contributed by atoms with van der Waals surface area (Å²) < 4.78 is 5.77. The van der Waals surface area contributed by atoms with E-state index in [0.717, 1.165) is 41.0 Å². The van der Waals surface area contributed by atoms with Gasteiger partial charge in [-0.25, -0.2) is 4.79 Å². The monoisotopic (exact) mass is 424 g/mol. The number of nitrogens with zero attached hydrogens (tertiary/aromatic N) is 1. The Morgan fingerprint density at radius 3 is 2.43 bits per heavy atom. The van der Waals surface area contributed by atoms with E-state index in [2.05, 4.69) is 17.2 Å². The van der Waals surface area contributed by atoms with E-state index in [1.165, 1.54) is 12.8 Å². The third kappa shape index (κ3) is 5.96. The van der Waals surface area contributed by atoms with Gasteiger partial charge in [0, 0.05) is 16.3 Å². The smallest absolute Gasteiger partial charge is 0.345 e. The summed E-state index contributed by atoms with van der Waals surface area (Å²) in [6, 6.07) is 13.2. The van der Waals surface area contributed by atoms with Crippen molar-refractivity contribution in [2.24, 2.45) is 10.9 Å². The molecule has 1 aliphatic rings. The number of ether oxygens (including phenoxy) is 1. The molecule has 0 atom stereocenters. The summed E-state index contributed by atoms with van der Waals surface area (Å²) in [4.78, 5) is 16.9.